The highest BCUT2D eigenvalue weighted by molar-refractivity contribution is 6.14. The van der Waals surface area contributed by atoms with Gasteiger partial charge in [-0.1, -0.05) is 60.2 Å². The van der Waals surface area contributed by atoms with Crippen LogP contribution in [0.25, 0.3) is 11.1 Å². The van der Waals surface area contributed by atoms with Crippen LogP contribution >= 0.6 is 0 Å². The Morgan fingerprint density at radius 2 is 1.03 bits per heavy atom. The van der Waals surface area contributed by atoms with E-state index in [4.69, 9.17) is 14.5 Å². The van der Waals surface area contributed by atoms with Crippen LogP contribution in [-0.4, -0.2) is 12.8 Å². The molecule has 0 saturated carbocycles. The summed E-state index contributed by atoms with van der Waals surface area (Å²) in [6, 6.07) is 41.0. The number of hydrogen-bond acceptors (Lipinski definition) is 3. The number of para-hydroxylation sites is 1. The average Bonchev–Trinajstić information content (AvgIpc) is 2.94. The van der Waals surface area contributed by atoms with Gasteiger partial charge in [0.25, 0.3) is 0 Å². The lowest BCUT2D eigenvalue weighted by molar-refractivity contribution is 0.415. The van der Waals surface area contributed by atoms with Crippen LogP contribution in [0, 0.1) is 13.8 Å². The number of hydrogen-bond donors (Lipinski definition) is 0. The van der Waals surface area contributed by atoms with Crippen molar-refractivity contribution in [2.45, 2.75) is 13.8 Å². The molecule has 0 radical (unpaired) electrons. The van der Waals surface area contributed by atoms with Gasteiger partial charge >= 0.3 is 0 Å². The first-order valence-electron chi connectivity index (χ1n) is 12.3. The summed E-state index contributed by atoms with van der Waals surface area (Å²) >= 11 is 0. The highest BCUT2D eigenvalue weighted by Crippen LogP contribution is 2.28. The topological polar surface area (TPSA) is 30.8 Å². The molecule has 0 atom stereocenters. The molecule has 0 aliphatic heterocycles. The standard InChI is InChI=1S/C34H29NO2/c1-24-8-10-26(11-9-24)27-12-20-31(21-13-27)37-32-22-16-29(17-23-32)34(28-14-18-30(36-3)19-15-28)35-33-7-5-4-6-25(33)2/h4-23H,1-3H3. The molecule has 3 nitrogen and oxygen atoms in total. The van der Waals surface area contributed by atoms with E-state index in [1.807, 2.05) is 66.7 Å². The third-order valence-corrected chi connectivity index (χ3v) is 6.31. The zero-order valence-corrected chi connectivity index (χ0v) is 21.3. The zero-order valence-electron chi connectivity index (χ0n) is 21.3. The van der Waals surface area contributed by atoms with Gasteiger partial charge < -0.3 is 9.47 Å². The molecule has 0 bridgehead atoms. The molecule has 0 aliphatic rings. The number of benzene rings is 5. The molecule has 5 rings (SSSR count). The number of methoxy groups -OCH3 is 1. The van der Waals surface area contributed by atoms with Gasteiger partial charge in [-0.25, -0.2) is 4.99 Å². The lowest BCUT2D eigenvalue weighted by Crippen LogP contribution is -2.03. The molecule has 5 aromatic rings. The Kier molecular flexibility index (Phi) is 7.14. The first kappa shape index (κ1) is 24.1. The van der Waals surface area contributed by atoms with Gasteiger partial charge in [0.15, 0.2) is 0 Å². The number of aliphatic imine (C=N–C) groups is 1. The summed E-state index contributed by atoms with van der Waals surface area (Å²) in [4.78, 5) is 5.05. The van der Waals surface area contributed by atoms with Crippen molar-refractivity contribution in [2.75, 3.05) is 7.11 Å². The fourth-order valence-corrected chi connectivity index (χ4v) is 4.13. The number of nitrogens with zero attached hydrogens (tertiary/aromatic N) is 1. The van der Waals surface area contributed by atoms with Crippen LogP contribution in [-0.2, 0) is 0 Å². The van der Waals surface area contributed by atoms with Gasteiger partial charge in [0.2, 0.25) is 0 Å². The minimum atomic E-state index is 0.775. The minimum Gasteiger partial charge on any atom is -0.497 e. The van der Waals surface area contributed by atoms with Gasteiger partial charge in [-0.15, -0.1) is 0 Å². The molecule has 0 saturated heterocycles. The van der Waals surface area contributed by atoms with Gasteiger partial charge in [0.1, 0.15) is 17.2 Å². The van der Waals surface area contributed by atoms with Crippen LogP contribution in [0.1, 0.15) is 22.3 Å². The van der Waals surface area contributed by atoms with Crippen molar-refractivity contribution in [1.82, 2.24) is 0 Å². The van der Waals surface area contributed by atoms with Crippen molar-refractivity contribution in [1.29, 1.82) is 0 Å². The molecule has 0 aromatic heterocycles. The van der Waals surface area contributed by atoms with Crippen LogP contribution in [0.2, 0.25) is 0 Å². The zero-order chi connectivity index (χ0) is 25.6. The lowest BCUT2D eigenvalue weighted by atomic mass is 10.0. The van der Waals surface area contributed by atoms with Gasteiger partial charge in [-0.3, -0.25) is 0 Å². The Morgan fingerprint density at radius 3 is 1.57 bits per heavy atom. The molecular formula is C34H29NO2. The van der Waals surface area contributed by atoms with Crippen molar-refractivity contribution < 1.29 is 9.47 Å². The van der Waals surface area contributed by atoms with Gasteiger partial charge in [-0.05, 0) is 97.3 Å². The van der Waals surface area contributed by atoms with E-state index in [0.29, 0.717) is 0 Å². The first-order chi connectivity index (χ1) is 18.1. The van der Waals surface area contributed by atoms with Crippen molar-refractivity contribution >= 4 is 11.4 Å². The fraction of sp³-hybridized carbons (Fsp3) is 0.0882. The van der Waals surface area contributed by atoms with Crippen LogP contribution in [0.4, 0.5) is 5.69 Å². The lowest BCUT2D eigenvalue weighted by Gasteiger charge is -2.12. The van der Waals surface area contributed by atoms with E-state index in [1.54, 1.807) is 7.11 Å². The predicted molar refractivity (Wildman–Crippen MR) is 153 cm³/mol. The number of rotatable bonds is 7. The molecule has 0 amide bonds. The van der Waals surface area contributed by atoms with E-state index >= 15 is 0 Å². The number of aryl methyl sites for hydroxylation is 2. The molecule has 0 unspecified atom stereocenters. The monoisotopic (exact) mass is 483 g/mol. The van der Waals surface area contributed by atoms with Gasteiger partial charge in [0, 0.05) is 11.1 Å². The SMILES string of the molecule is COc1ccc(C(=Nc2ccccc2C)c2ccc(Oc3ccc(-c4ccc(C)cc4)cc3)cc2)cc1. The highest BCUT2D eigenvalue weighted by Gasteiger charge is 2.10. The molecule has 5 aromatic carbocycles. The second-order valence-corrected chi connectivity index (χ2v) is 8.99. The van der Waals surface area contributed by atoms with Crippen molar-refractivity contribution in [3.8, 4) is 28.4 Å². The largest absolute Gasteiger partial charge is 0.497 e. The summed E-state index contributed by atoms with van der Waals surface area (Å²) in [7, 11) is 1.67. The molecule has 182 valence electrons. The van der Waals surface area contributed by atoms with Gasteiger partial charge in [-0.2, -0.15) is 0 Å². The fourth-order valence-electron chi connectivity index (χ4n) is 4.13. The Balaban J connectivity index is 1.40. The van der Waals surface area contributed by atoms with Crippen molar-refractivity contribution in [2.24, 2.45) is 4.99 Å². The third-order valence-electron chi connectivity index (χ3n) is 6.31. The summed E-state index contributed by atoms with van der Waals surface area (Å²) in [5.41, 5.74) is 8.61. The average molecular weight is 484 g/mol. The molecule has 0 fully saturated rings. The highest BCUT2D eigenvalue weighted by atomic mass is 16.5. The van der Waals surface area contributed by atoms with Crippen LogP contribution in [0.15, 0.2) is 126 Å². The summed E-state index contributed by atoms with van der Waals surface area (Å²) in [5.74, 6) is 2.39. The normalized spacial score (nSPS) is 11.3. The van der Waals surface area contributed by atoms with Crippen molar-refractivity contribution in [3.63, 3.8) is 0 Å². The second kappa shape index (κ2) is 11.0. The summed E-state index contributed by atoms with van der Waals surface area (Å²) in [6.45, 7) is 4.17. The molecule has 0 N–H and O–H groups in total. The molecule has 0 aliphatic carbocycles. The molecule has 3 heteroatoms. The van der Waals surface area contributed by atoms with Crippen molar-refractivity contribution in [3.05, 3.63) is 144 Å². The van der Waals surface area contributed by atoms with E-state index in [1.165, 1.54) is 16.7 Å². The summed E-state index contributed by atoms with van der Waals surface area (Å²) < 4.78 is 11.5. The minimum absolute atomic E-state index is 0.775. The Bertz CT molecular complexity index is 1500. The molecular weight excluding hydrogens is 454 g/mol. The van der Waals surface area contributed by atoms with Crippen LogP contribution in [0.5, 0.6) is 17.2 Å². The smallest absolute Gasteiger partial charge is 0.127 e. The maximum absolute atomic E-state index is 6.14. The Hall–Kier alpha value is -4.63. The van der Waals surface area contributed by atoms with Gasteiger partial charge in [0.05, 0.1) is 18.5 Å². The third kappa shape index (κ3) is 5.79. The van der Waals surface area contributed by atoms with E-state index in [2.05, 4.69) is 68.4 Å². The van der Waals surface area contributed by atoms with E-state index in [9.17, 15) is 0 Å². The van der Waals surface area contributed by atoms with Crippen LogP contribution in [0.3, 0.4) is 0 Å². The van der Waals surface area contributed by atoms with E-state index in [-0.39, 0.29) is 0 Å². The quantitative estimate of drug-likeness (QED) is 0.216. The summed E-state index contributed by atoms with van der Waals surface area (Å²) in [6.07, 6.45) is 0. The summed E-state index contributed by atoms with van der Waals surface area (Å²) in [5, 5.41) is 0. The first-order valence-corrected chi connectivity index (χ1v) is 12.3. The Morgan fingerprint density at radius 1 is 0.541 bits per heavy atom. The Labute approximate surface area is 218 Å². The molecule has 0 spiro atoms. The molecule has 0 heterocycles. The van der Waals surface area contributed by atoms with Crippen LogP contribution < -0.4 is 9.47 Å². The second-order valence-electron chi connectivity index (χ2n) is 8.99. The maximum Gasteiger partial charge on any atom is 0.127 e. The maximum atomic E-state index is 6.14. The van der Waals surface area contributed by atoms with E-state index in [0.717, 1.165) is 45.3 Å². The number of ether oxygens (including phenoxy) is 2. The van der Waals surface area contributed by atoms with E-state index < -0.39 is 0 Å². The molecule has 37 heavy (non-hydrogen) atoms. The predicted octanol–water partition coefficient (Wildman–Crippen LogP) is 8.94.